The Morgan fingerprint density at radius 3 is 2.85 bits per heavy atom. The first-order valence-electron chi connectivity index (χ1n) is 6.28. The molecule has 0 fully saturated rings. The molecule has 0 radical (unpaired) electrons. The highest BCUT2D eigenvalue weighted by Crippen LogP contribution is 2.17. The summed E-state index contributed by atoms with van der Waals surface area (Å²) in [5.41, 5.74) is 9.86. The average molecular weight is 290 g/mol. The van der Waals surface area contributed by atoms with Gasteiger partial charge in [0.25, 0.3) is 0 Å². The van der Waals surface area contributed by atoms with E-state index in [1.54, 1.807) is 23.5 Å². The summed E-state index contributed by atoms with van der Waals surface area (Å²) >= 11 is 1.61. The lowest BCUT2D eigenvalue weighted by Gasteiger charge is -2.16. The smallest absolute Gasteiger partial charge is 0.238 e. The largest absolute Gasteiger partial charge is 0.397 e. The number of amides is 1. The average Bonchev–Trinajstić information content (AvgIpc) is 2.77. The summed E-state index contributed by atoms with van der Waals surface area (Å²) in [5.74, 6) is -0.0763. The molecule has 0 aliphatic carbocycles. The van der Waals surface area contributed by atoms with E-state index in [9.17, 15) is 4.79 Å². The van der Waals surface area contributed by atoms with Crippen molar-refractivity contribution >= 4 is 28.6 Å². The van der Waals surface area contributed by atoms with E-state index in [2.05, 4.69) is 10.3 Å². The number of benzene rings is 1. The highest BCUT2D eigenvalue weighted by atomic mass is 32.1. The van der Waals surface area contributed by atoms with Gasteiger partial charge < -0.3 is 11.1 Å². The van der Waals surface area contributed by atoms with E-state index in [1.807, 2.05) is 36.5 Å². The van der Waals surface area contributed by atoms with Crippen LogP contribution in [0, 0.1) is 6.92 Å². The number of nitrogens with zero attached hydrogens (tertiary/aromatic N) is 2. The van der Waals surface area contributed by atoms with Crippen molar-refractivity contribution in [2.75, 3.05) is 24.6 Å². The van der Waals surface area contributed by atoms with E-state index in [4.69, 9.17) is 5.73 Å². The molecule has 0 spiro atoms. The topological polar surface area (TPSA) is 71.2 Å². The van der Waals surface area contributed by atoms with Gasteiger partial charge in [0.15, 0.2) is 0 Å². The van der Waals surface area contributed by atoms with Crippen molar-refractivity contribution in [1.82, 2.24) is 9.88 Å². The zero-order valence-electron chi connectivity index (χ0n) is 11.6. The molecule has 0 saturated carbocycles. The molecule has 3 N–H and O–H groups in total. The number of para-hydroxylation sites is 2. The summed E-state index contributed by atoms with van der Waals surface area (Å²) in [6.07, 6.45) is 0. The molecule has 2 aromatic rings. The van der Waals surface area contributed by atoms with Gasteiger partial charge in [-0.05, 0) is 26.1 Å². The molecule has 2 rings (SSSR count). The van der Waals surface area contributed by atoms with Crippen molar-refractivity contribution in [3.05, 3.63) is 40.3 Å². The molecular formula is C14H18N4OS. The van der Waals surface area contributed by atoms with Crippen LogP contribution in [0.4, 0.5) is 11.4 Å². The number of anilines is 2. The standard InChI is InChI=1S/C14H18N4OS/c1-10-13(20-9-16-10)7-18(2)8-14(19)17-12-6-4-3-5-11(12)15/h3-6,9H,7-8,15H2,1-2H3,(H,17,19). The minimum Gasteiger partial charge on any atom is -0.397 e. The number of carbonyl (C=O) groups excluding carboxylic acids is 1. The number of nitrogens with one attached hydrogen (secondary N) is 1. The predicted octanol–water partition coefficient (Wildman–Crippen LogP) is 2.10. The first kappa shape index (κ1) is 14.5. The molecule has 1 amide bonds. The summed E-state index contributed by atoms with van der Waals surface area (Å²) in [7, 11) is 1.91. The Kier molecular flexibility index (Phi) is 4.70. The third-order valence-electron chi connectivity index (χ3n) is 2.91. The zero-order chi connectivity index (χ0) is 14.5. The maximum Gasteiger partial charge on any atom is 0.238 e. The minimum atomic E-state index is -0.0763. The fourth-order valence-electron chi connectivity index (χ4n) is 1.82. The molecular weight excluding hydrogens is 272 g/mol. The van der Waals surface area contributed by atoms with Gasteiger partial charge in [-0.25, -0.2) is 4.98 Å². The quantitative estimate of drug-likeness (QED) is 0.827. The van der Waals surface area contributed by atoms with Crippen LogP contribution in [0.1, 0.15) is 10.6 Å². The van der Waals surface area contributed by atoms with Gasteiger partial charge in [-0.3, -0.25) is 9.69 Å². The molecule has 6 heteroatoms. The van der Waals surface area contributed by atoms with E-state index in [-0.39, 0.29) is 5.91 Å². The van der Waals surface area contributed by atoms with Crippen molar-refractivity contribution in [2.24, 2.45) is 0 Å². The van der Waals surface area contributed by atoms with Gasteiger partial charge in [0, 0.05) is 11.4 Å². The maximum absolute atomic E-state index is 12.0. The second kappa shape index (κ2) is 6.49. The van der Waals surface area contributed by atoms with Crippen LogP contribution in [0.3, 0.4) is 0 Å². The van der Waals surface area contributed by atoms with Gasteiger partial charge >= 0.3 is 0 Å². The number of hydrogen-bond acceptors (Lipinski definition) is 5. The SMILES string of the molecule is Cc1ncsc1CN(C)CC(=O)Nc1ccccc1N. The number of likely N-dealkylation sites (N-methyl/N-ethyl adjacent to an activating group) is 1. The van der Waals surface area contributed by atoms with Gasteiger partial charge in [-0.2, -0.15) is 0 Å². The van der Waals surface area contributed by atoms with Crippen LogP contribution in [0.25, 0.3) is 0 Å². The molecule has 0 saturated heterocycles. The first-order chi connectivity index (χ1) is 9.56. The van der Waals surface area contributed by atoms with Crippen LogP contribution in [-0.4, -0.2) is 29.4 Å². The summed E-state index contributed by atoms with van der Waals surface area (Å²) < 4.78 is 0. The molecule has 0 aliphatic rings. The molecule has 106 valence electrons. The molecule has 20 heavy (non-hydrogen) atoms. The van der Waals surface area contributed by atoms with Crippen LogP contribution < -0.4 is 11.1 Å². The fourth-order valence-corrected chi connectivity index (χ4v) is 2.68. The number of rotatable bonds is 5. The van der Waals surface area contributed by atoms with Crippen molar-refractivity contribution in [3.63, 3.8) is 0 Å². The lowest BCUT2D eigenvalue weighted by Crippen LogP contribution is -2.30. The van der Waals surface area contributed by atoms with Crippen LogP contribution in [0.15, 0.2) is 29.8 Å². The van der Waals surface area contributed by atoms with Gasteiger partial charge in [0.2, 0.25) is 5.91 Å². The van der Waals surface area contributed by atoms with Crippen LogP contribution >= 0.6 is 11.3 Å². The number of carbonyl (C=O) groups is 1. The highest BCUT2D eigenvalue weighted by molar-refractivity contribution is 7.09. The predicted molar refractivity (Wildman–Crippen MR) is 82.7 cm³/mol. The van der Waals surface area contributed by atoms with E-state index in [1.165, 1.54) is 4.88 Å². The number of aromatic nitrogens is 1. The Morgan fingerprint density at radius 1 is 1.45 bits per heavy atom. The summed E-state index contributed by atoms with van der Waals surface area (Å²) in [6, 6.07) is 7.24. The zero-order valence-corrected chi connectivity index (χ0v) is 12.4. The lowest BCUT2D eigenvalue weighted by molar-refractivity contribution is -0.117. The van der Waals surface area contributed by atoms with Crippen molar-refractivity contribution < 1.29 is 4.79 Å². The Bertz CT molecular complexity index is 596. The van der Waals surface area contributed by atoms with E-state index in [0.717, 1.165) is 5.69 Å². The Hall–Kier alpha value is -1.92. The molecule has 0 unspecified atom stereocenters. The molecule has 1 heterocycles. The number of thiazole rings is 1. The maximum atomic E-state index is 12.0. The molecule has 0 bridgehead atoms. The number of hydrogen-bond donors (Lipinski definition) is 2. The van der Waals surface area contributed by atoms with Crippen molar-refractivity contribution in [2.45, 2.75) is 13.5 Å². The summed E-state index contributed by atoms with van der Waals surface area (Å²) in [5, 5.41) is 2.82. The highest BCUT2D eigenvalue weighted by Gasteiger charge is 2.10. The lowest BCUT2D eigenvalue weighted by atomic mass is 10.2. The van der Waals surface area contributed by atoms with Gasteiger partial charge in [-0.15, -0.1) is 11.3 Å². The second-order valence-corrected chi connectivity index (χ2v) is 5.61. The van der Waals surface area contributed by atoms with Crippen molar-refractivity contribution in [3.8, 4) is 0 Å². The molecule has 1 aromatic carbocycles. The van der Waals surface area contributed by atoms with Gasteiger partial charge in [0.05, 0.1) is 29.1 Å². The Morgan fingerprint density at radius 2 is 2.20 bits per heavy atom. The Balaban J connectivity index is 1.88. The van der Waals surface area contributed by atoms with Crippen LogP contribution in [0.5, 0.6) is 0 Å². The fraction of sp³-hybridized carbons (Fsp3) is 0.286. The molecule has 0 atom stereocenters. The van der Waals surface area contributed by atoms with E-state index < -0.39 is 0 Å². The van der Waals surface area contributed by atoms with Crippen molar-refractivity contribution in [1.29, 1.82) is 0 Å². The molecule has 5 nitrogen and oxygen atoms in total. The third-order valence-corrected chi connectivity index (χ3v) is 3.83. The van der Waals surface area contributed by atoms with E-state index >= 15 is 0 Å². The third kappa shape index (κ3) is 3.79. The van der Waals surface area contributed by atoms with Crippen LogP contribution in [-0.2, 0) is 11.3 Å². The Labute approximate surface area is 122 Å². The summed E-state index contributed by atoms with van der Waals surface area (Å²) in [6.45, 7) is 3.00. The summed E-state index contributed by atoms with van der Waals surface area (Å²) in [4.78, 5) is 19.3. The molecule has 0 aliphatic heterocycles. The first-order valence-corrected chi connectivity index (χ1v) is 7.16. The number of nitrogens with two attached hydrogens (primary N) is 1. The normalized spacial score (nSPS) is 10.8. The van der Waals surface area contributed by atoms with E-state index in [0.29, 0.717) is 24.5 Å². The van der Waals surface area contributed by atoms with Gasteiger partial charge in [0.1, 0.15) is 0 Å². The van der Waals surface area contributed by atoms with Crippen LogP contribution in [0.2, 0.25) is 0 Å². The minimum absolute atomic E-state index is 0.0763. The number of nitrogen functional groups attached to an aromatic ring is 1. The van der Waals surface area contributed by atoms with Gasteiger partial charge in [-0.1, -0.05) is 12.1 Å². The second-order valence-electron chi connectivity index (χ2n) is 4.67. The molecule has 1 aromatic heterocycles. The monoisotopic (exact) mass is 290 g/mol. The number of aryl methyl sites for hydroxylation is 1.